The summed E-state index contributed by atoms with van der Waals surface area (Å²) in [4.78, 5) is 0. The lowest BCUT2D eigenvalue weighted by molar-refractivity contribution is 0.313. The van der Waals surface area contributed by atoms with Gasteiger partial charge < -0.3 is 4.74 Å². The maximum absolute atomic E-state index is 14.1. The van der Waals surface area contributed by atoms with Gasteiger partial charge in [-0.15, -0.1) is 0 Å². The van der Waals surface area contributed by atoms with Gasteiger partial charge in [0.2, 0.25) is 5.82 Å². The van der Waals surface area contributed by atoms with Crippen LogP contribution in [-0.4, -0.2) is 6.61 Å². The van der Waals surface area contributed by atoms with Crippen molar-refractivity contribution in [2.75, 3.05) is 6.61 Å². The largest absolute Gasteiger partial charge is 0.491 e. The maximum Gasteiger partial charge on any atom is 0.200 e. The summed E-state index contributed by atoms with van der Waals surface area (Å²) in [7, 11) is 0. The Balaban J connectivity index is 1.46. The molecule has 0 radical (unpaired) electrons. The molecule has 0 unspecified atom stereocenters. The molecular weight excluding hydrogens is 354 g/mol. The third kappa shape index (κ3) is 5.21. The van der Waals surface area contributed by atoms with Crippen molar-refractivity contribution in [3.63, 3.8) is 0 Å². The van der Waals surface area contributed by atoms with E-state index in [1.165, 1.54) is 42.9 Å². The van der Waals surface area contributed by atoms with Gasteiger partial charge in [-0.1, -0.05) is 48.0 Å². The number of allylic oxidation sites excluding steroid dienone is 2. The van der Waals surface area contributed by atoms with Crippen LogP contribution in [0, 0.1) is 24.5 Å². The summed E-state index contributed by atoms with van der Waals surface area (Å²) in [6.07, 6.45) is 10.5. The average Bonchev–Trinajstić information content (AvgIpc) is 2.71. The van der Waals surface area contributed by atoms with Crippen LogP contribution in [0.25, 0.3) is 0 Å². The van der Waals surface area contributed by atoms with Crippen LogP contribution in [-0.2, 0) is 6.42 Å². The second-order valence-corrected chi connectivity index (χ2v) is 7.77. The molecule has 0 spiro atoms. The normalized spacial score (nSPS) is 19.9. The van der Waals surface area contributed by atoms with Gasteiger partial charge in [-0.05, 0) is 81.4 Å². The molecule has 0 aromatic heterocycles. The van der Waals surface area contributed by atoms with Crippen LogP contribution >= 0.6 is 0 Å². The van der Waals surface area contributed by atoms with E-state index in [1.807, 2.05) is 0 Å². The molecule has 150 valence electrons. The second-order valence-electron chi connectivity index (χ2n) is 7.77. The number of rotatable bonds is 7. The van der Waals surface area contributed by atoms with Gasteiger partial charge in [0.1, 0.15) is 0 Å². The van der Waals surface area contributed by atoms with Crippen LogP contribution in [0.5, 0.6) is 5.75 Å². The molecule has 3 heteroatoms. The number of aryl methyl sites for hydroxylation is 2. The highest BCUT2D eigenvalue weighted by molar-refractivity contribution is 5.31. The Morgan fingerprint density at radius 1 is 0.964 bits per heavy atom. The lowest BCUT2D eigenvalue weighted by Crippen LogP contribution is -2.11. The molecule has 3 rings (SSSR count). The van der Waals surface area contributed by atoms with E-state index in [9.17, 15) is 8.78 Å². The molecular formula is C25H30F2O. The zero-order valence-electron chi connectivity index (χ0n) is 16.9. The van der Waals surface area contributed by atoms with Crippen molar-refractivity contribution in [1.82, 2.24) is 0 Å². The van der Waals surface area contributed by atoms with Crippen molar-refractivity contribution in [2.24, 2.45) is 5.92 Å². The summed E-state index contributed by atoms with van der Waals surface area (Å²) < 4.78 is 33.1. The van der Waals surface area contributed by atoms with Crippen LogP contribution < -0.4 is 4.74 Å². The molecule has 0 aliphatic heterocycles. The Morgan fingerprint density at radius 3 is 2.36 bits per heavy atom. The molecule has 0 atom stereocenters. The number of halogens is 2. The monoisotopic (exact) mass is 384 g/mol. The van der Waals surface area contributed by atoms with E-state index < -0.39 is 11.6 Å². The van der Waals surface area contributed by atoms with Gasteiger partial charge in [0.25, 0.3) is 0 Å². The first-order chi connectivity index (χ1) is 13.6. The molecule has 1 saturated carbocycles. The highest BCUT2D eigenvalue weighted by atomic mass is 19.2. The first-order valence-corrected chi connectivity index (χ1v) is 10.4. The molecule has 1 fully saturated rings. The van der Waals surface area contributed by atoms with Crippen molar-refractivity contribution in [3.8, 4) is 5.75 Å². The fourth-order valence-corrected chi connectivity index (χ4v) is 4.04. The average molecular weight is 385 g/mol. The van der Waals surface area contributed by atoms with E-state index in [0.717, 1.165) is 6.42 Å². The van der Waals surface area contributed by atoms with Crippen LogP contribution in [0.1, 0.15) is 61.6 Å². The zero-order chi connectivity index (χ0) is 19.9. The zero-order valence-corrected chi connectivity index (χ0v) is 16.9. The summed E-state index contributed by atoms with van der Waals surface area (Å²) >= 11 is 0. The quantitative estimate of drug-likeness (QED) is 0.461. The SMILES string of the molecule is CCOc1ccc(CC/C=C/C2CCC(c3ccc(C)cc3)CC2)c(F)c1F. The van der Waals surface area contributed by atoms with Crippen LogP contribution in [0.15, 0.2) is 48.6 Å². The summed E-state index contributed by atoms with van der Waals surface area (Å²) in [6.45, 7) is 4.20. The minimum atomic E-state index is -0.877. The van der Waals surface area contributed by atoms with Crippen molar-refractivity contribution < 1.29 is 13.5 Å². The highest BCUT2D eigenvalue weighted by Crippen LogP contribution is 2.36. The van der Waals surface area contributed by atoms with Gasteiger partial charge >= 0.3 is 0 Å². The summed E-state index contributed by atoms with van der Waals surface area (Å²) in [5, 5.41) is 0. The van der Waals surface area contributed by atoms with Gasteiger partial charge in [0.05, 0.1) is 6.61 Å². The Kier molecular flexibility index (Phi) is 7.24. The van der Waals surface area contributed by atoms with Crippen LogP contribution in [0.4, 0.5) is 8.78 Å². The molecule has 2 aromatic rings. The lowest BCUT2D eigenvalue weighted by atomic mass is 9.78. The fourth-order valence-electron chi connectivity index (χ4n) is 4.04. The third-order valence-electron chi connectivity index (χ3n) is 5.74. The van der Waals surface area contributed by atoms with Gasteiger partial charge in [0.15, 0.2) is 11.6 Å². The molecule has 0 bridgehead atoms. The van der Waals surface area contributed by atoms with E-state index in [2.05, 4.69) is 43.3 Å². The van der Waals surface area contributed by atoms with Gasteiger partial charge in [0, 0.05) is 0 Å². The van der Waals surface area contributed by atoms with Crippen molar-refractivity contribution in [1.29, 1.82) is 0 Å². The minimum Gasteiger partial charge on any atom is -0.491 e. The molecule has 0 heterocycles. The Labute approximate surface area is 167 Å². The predicted molar refractivity (Wildman–Crippen MR) is 111 cm³/mol. The molecule has 1 aliphatic carbocycles. The number of hydrogen-bond acceptors (Lipinski definition) is 1. The number of ether oxygens (including phenoxy) is 1. The smallest absolute Gasteiger partial charge is 0.200 e. The second kappa shape index (κ2) is 9.86. The Hall–Kier alpha value is -2.16. The number of hydrogen-bond donors (Lipinski definition) is 0. The molecule has 1 nitrogen and oxygen atoms in total. The van der Waals surface area contributed by atoms with E-state index in [4.69, 9.17) is 4.74 Å². The van der Waals surface area contributed by atoms with Crippen LogP contribution in [0.2, 0.25) is 0 Å². The molecule has 2 aromatic carbocycles. The number of benzene rings is 2. The predicted octanol–water partition coefficient (Wildman–Crippen LogP) is 7.13. The maximum atomic E-state index is 14.1. The summed E-state index contributed by atoms with van der Waals surface area (Å²) in [6, 6.07) is 12.1. The molecule has 0 saturated heterocycles. The van der Waals surface area contributed by atoms with Crippen molar-refractivity contribution in [3.05, 3.63) is 76.9 Å². The summed E-state index contributed by atoms with van der Waals surface area (Å²) in [5.41, 5.74) is 3.18. The third-order valence-corrected chi connectivity index (χ3v) is 5.74. The van der Waals surface area contributed by atoms with Gasteiger partial charge in [-0.3, -0.25) is 0 Å². The first-order valence-electron chi connectivity index (χ1n) is 10.4. The van der Waals surface area contributed by atoms with E-state index in [0.29, 0.717) is 30.4 Å². The molecule has 0 amide bonds. The fraction of sp³-hybridized carbons (Fsp3) is 0.440. The Bertz CT molecular complexity index is 787. The van der Waals surface area contributed by atoms with Crippen molar-refractivity contribution in [2.45, 2.75) is 58.3 Å². The van der Waals surface area contributed by atoms with Gasteiger partial charge in [-0.25, -0.2) is 4.39 Å². The first kappa shape index (κ1) is 20.6. The Morgan fingerprint density at radius 2 is 1.68 bits per heavy atom. The van der Waals surface area contributed by atoms with Crippen molar-refractivity contribution >= 4 is 0 Å². The lowest BCUT2D eigenvalue weighted by Gasteiger charge is -2.27. The highest BCUT2D eigenvalue weighted by Gasteiger charge is 2.20. The summed E-state index contributed by atoms with van der Waals surface area (Å²) in [5.74, 6) is -0.393. The van der Waals surface area contributed by atoms with Crippen LogP contribution in [0.3, 0.4) is 0 Å². The standard InChI is InChI=1S/C25H30F2O/c1-3-28-23-17-16-22(24(26)25(23)27)7-5-4-6-19-10-14-21(15-11-19)20-12-8-18(2)9-13-20/h4,6,8-9,12-13,16-17,19,21H,3,5,7,10-11,14-15H2,1-2H3/b6-4+. The van der Waals surface area contributed by atoms with Gasteiger partial charge in [-0.2, -0.15) is 4.39 Å². The van der Waals surface area contributed by atoms with E-state index in [-0.39, 0.29) is 5.75 Å². The molecule has 28 heavy (non-hydrogen) atoms. The minimum absolute atomic E-state index is 0.00960. The molecule has 0 N–H and O–H groups in total. The molecule has 1 aliphatic rings. The van der Waals surface area contributed by atoms with E-state index >= 15 is 0 Å². The topological polar surface area (TPSA) is 9.23 Å². The van der Waals surface area contributed by atoms with E-state index in [1.54, 1.807) is 13.0 Å².